The highest BCUT2D eigenvalue weighted by molar-refractivity contribution is 5.83. The van der Waals surface area contributed by atoms with Crippen LogP contribution in [0.5, 0.6) is 5.75 Å². The van der Waals surface area contributed by atoms with Crippen molar-refractivity contribution in [2.75, 3.05) is 7.11 Å². The molecule has 33 heavy (non-hydrogen) atoms. The molecule has 1 atom stereocenters. The molecule has 0 aliphatic carbocycles. The van der Waals surface area contributed by atoms with Gasteiger partial charge in [0.2, 0.25) is 5.91 Å². The molecule has 1 amide bonds. The Morgan fingerprint density at radius 1 is 1.00 bits per heavy atom. The largest absolute Gasteiger partial charge is 0.497 e. The molecule has 5 heteroatoms. The fraction of sp³-hybridized carbons (Fsp3) is 0.214. The summed E-state index contributed by atoms with van der Waals surface area (Å²) in [5.74, 6) is 0.524. The van der Waals surface area contributed by atoms with Crippen LogP contribution in [0.4, 0.5) is 0 Å². The molecule has 1 unspecified atom stereocenters. The first-order valence-electron chi connectivity index (χ1n) is 11.0. The molecule has 0 saturated heterocycles. The van der Waals surface area contributed by atoms with Crippen LogP contribution in [-0.2, 0) is 17.6 Å². The van der Waals surface area contributed by atoms with Gasteiger partial charge in [-0.05, 0) is 48.6 Å². The van der Waals surface area contributed by atoms with E-state index in [4.69, 9.17) is 9.15 Å². The molecule has 1 N–H and O–H groups in total. The van der Waals surface area contributed by atoms with Crippen molar-refractivity contribution in [3.05, 3.63) is 112 Å². The van der Waals surface area contributed by atoms with Gasteiger partial charge in [0.05, 0.1) is 13.2 Å². The van der Waals surface area contributed by atoms with Crippen molar-refractivity contribution in [3.8, 4) is 5.75 Å². The van der Waals surface area contributed by atoms with Crippen LogP contribution in [-0.4, -0.2) is 13.0 Å². The average molecular weight is 442 g/mol. The van der Waals surface area contributed by atoms with Crippen molar-refractivity contribution in [2.45, 2.75) is 32.2 Å². The molecule has 0 aliphatic rings. The molecule has 5 nitrogen and oxygen atoms in total. The lowest BCUT2D eigenvalue weighted by atomic mass is 9.98. The third kappa shape index (κ3) is 5.32. The maximum atomic E-state index is 12.9. The van der Waals surface area contributed by atoms with Crippen molar-refractivity contribution in [3.63, 3.8) is 0 Å². The molecule has 0 radical (unpaired) electrons. The number of benzene rings is 3. The van der Waals surface area contributed by atoms with Crippen LogP contribution in [0.15, 0.2) is 88.1 Å². The van der Waals surface area contributed by atoms with Crippen LogP contribution >= 0.6 is 0 Å². The summed E-state index contributed by atoms with van der Waals surface area (Å²) in [5, 5.41) is 4.00. The molecular weight excluding hydrogens is 414 g/mol. The number of carbonyl (C=O) groups is 1. The quantitative estimate of drug-likeness (QED) is 0.384. The number of carbonyl (C=O) groups excluding carboxylic acids is 1. The van der Waals surface area contributed by atoms with E-state index in [-0.39, 0.29) is 18.4 Å². The molecule has 4 aromatic rings. The highest BCUT2D eigenvalue weighted by atomic mass is 16.5. The zero-order valence-electron chi connectivity index (χ0n) is 18.8. The van der Waals surface area contributed by atoms with Crippen LogP contribution in [0, 0.1) is 6.92 Å². The number of hydrogen-bond acceptors (Lipinski definition) is 4. The van der Waals surface area contributed by atoms with Crippen LogP contribution in [0.25, 0.3) is 11.0 Å². The smallest absolute Gasteiger partial charge is 0.339 e. The molecule has 0 aliphatic heterocycles. The summed E-state index contributed by atoms with van der Waals surface area (Å²) < 4.78 is 10.7. The van der Waals surface area contributed by atoms with Gasteiger partial charge in [0.25, 0.3) is 0 Å². The predicted octanol–water partition coefficient (Wildman–Crippen LogP) is 5.14. The molecule has 1 heterocycles. The van der Waals surface area contributed by atoms with E-state index in [9.17, 15) is 9.59 Å². The molecular formula is C28H27NO4. The van der Waals surface area contributed by atoms with Gasteiger partial charge in [0.15, 0.2) is 0 Å². The predicted molar refractivity (Wildman–Crippen MR) is 130 cm³/mol. The summed E-state index contributed by atoms with van der Waals surface area (Å²) in [7, 11) is 1.57. The zero-order chi connectivity index (χ0) is 23.2. The maximum Gasteiger partial charge on any atom is 0.339 e. The van der Waals surface area contributed by atoms with Gasteiger partial charge in [-0.1, -0.05) is 60.7 Å². The minimum Gasteiger partial charge on any atom is -0.497 e. The Balaban J connectivity index is 1.50. The Morgan fingerprint density at radius 2 is 1.70 bits per heavy atom. The molecule has 4 rings (SSSR count). The van der Waals surface area contributed by atoms with E-state index >= 15 is 0 Å². The molecule has 0 fully saturated rings. The summed E-state index contributed by atoms with van der Waals surface area (Å²) in [6.07, 6.45) is 1.20. The Bertz CT molecular complexity index is 1300. The highest BCUT2D eigenvalue weighted by Crippen LogP contribution is 2.25. The Morgan fingerprint density at radius 3 is 2.39 bits per heavy atom. The second-order valence-corrected chi connectivity index (χ2v) is 8.08. The first-order valence-corrected chi connectivity index (χ1v) is 11.0. The van der Waals surface area contributed by atoms with Gasteiger partial charge in [-0.15, -0.1) is 0 Å². The van der Waals surface area contributed by atoms with E-state index in [0.29, 0.717) is 29.7 Å². The second-order valence-electron chi connectivity index (χ2n) is 8.08. The minimum absolute atomic E-state index is 0.103. The lowest BCUT2D eigenvalue weighted by Gasteiger charge is -2.20. The Labute approximate surface area is 193 Å². The number of amides is 1. The third-order valence-corrected chi connectivity index (χ3v) is 5.92. The summed E-state index contributed by atoms with van der Waals surface area (Å²) in [6, 6.07) is 25.3. The molecule has 0 saturated carbocycles. The van der Waals surface area contributed by atoms with Crippen molar-refractivity contribution in [2.24, 2.45) is 0 Å². The van der Waals surface area contributed by atoms with Gasteiger partial charge in [0.1, 0.15) is 11.3 Å². The van der Waals surface area contributed by atoms with Crippen molar-refractivity contribution >= 4 is 16.9 Å². The van der Waals surface area contributed by atoms with E-state index in [1.807, 2.05) is 67.6 Å². The number of ether oxygens (including phenoxy) is 1. The normalized spacial score (nSPS) is 11.8. The van der Waals surface area contributed by atoms with E-state index in [1.54, 1.807) is 13.2 Å². The summed E-state index contributed by atoms with van der Waals surface area (Å²) in [6.45, 7) is 1.89. The van der Waals surface area contributed by atoms with Crippen LogP contribution in [0.1, 0.15) is 34.7 Å². The van der Waals surface area contributed by atoms with Gasteiger partial charge in [0, 0.05) is 23.4 Å². The van der Waals surface area contributed by atoms with E-state index in [1.165, 1.54) is 0 Å². The molecule has 3 aromatic carbocycles. The first-order chi connectivity index (χ1) is 16.0. The van der Waals surface area contributed by atoms with Gasteiger partial charge in [-0.3, -0.25) is 4.79 Å². The van der Waals surface area contributed by atoms with E-state index in [2.05, 4.69) is 17.4 Å². The Hall–Kier alpha value is -3.86. The van der Waals surface area contributed by atoms with Gasteiger partial charge in [-0.2, -0.15) is 0 Å². The zero-order valence-corrected chi connectivity index (χ0v) is 18.8. The number of hydrogen-bond donors (Lipinski definition) is 1. The van der Waals surface area contributed by atoms with E-state index < -0.39 is 5.63 Å². The topological polar surface area (TPSA) is 68.5 Å². The fourth-order valence-corrected chi connectivity index (χ4v) is 4.08. The lowest BCUT2D eigenvalue weighted by molar-refractivity contribution is -0.121. The standard InChI is InChI=1S/C28H27NO4/c1-19-23-14-13-22(32-2)18-26(23)33-28(31)24(19)15-16-27(30)29-25(21-11-7-4-8-12-21)17-20-9-5-3-6-10-20/h3-14,18,25H,15-17H2,1-2H3,(H,29,30). The van der Waals surface area contributed by atoms with Crippen LogP contribution in [0.2, 0.25) is 0 Å². The number of methoxy groups -OCH3 is 1. The monoisotopic (exact) mass is 441 g/mol. The average Bonchev–Trinajstić information content (AvgIpc) is 2.84. The van der Waals surface area contributed by atoms with Crippen molar-refractivity contribution < 1.29 is 13.9 Å². The summed E-state index contributed by atoms with van der Waals surface area (Å²) in [5.41, 5.74) is 3.63. The second kappa shape index (κ2) is 10.2. The molecule has 168 valence electrons. The highest BCUT2D eigenvalue weighted by Gasteiger charge is 2.17. The number of aryl methyl sites for hydroxylation is 1. The van der Waals surface area contributed by atoms with Gasteiger partial charge in [-0.25, -0.2) is 4.79 Å². The lowest BCUT2D eigenvalue weighted by Crippen LogP contribution is -2.30. The molecule has 0 bridgehead atoms. The number of nitrogens with one attached hydrogen (secondary N) is 1. The van der Waals surface area contributed by atoms with Crippen molar-refractivity contribution in [1.29, 1.82) is 0 Å². The number of rotatable bonds is 8. The fourth-order valence-electron chi connectivity index (χ4n) is 4.08. The Kier molecular flexibility index (Phi) is 6.89. The van der Waals surface area contributed by atoms with Crippen LogP contribution < -0.4 is 15.7 Å². The SMILES string of the molecule is COc1ccc2c(C)c(CCC(=O)NC(Cc3ccccc3)c3ccccc3)c(=O)oc2c1. The van der Waals surface area contributed by atoms with Crippen LogP contribution in [0.3, 0.4) is 0 Å². The molecule has 1 aromatic heterocycles. The van der Waals surface area contributed by atoms with E-state index in [0.717, 1.165) is 22.1 Å². The van der Waals surface area contributed by atoms with Crippen molar-refractivity contribution in [1.82, 2.24) is 5.32 Å². The summed E-state index contributed by atoms with van der Waals surface area (Å²) >= 11 is 0. The number of fused-ring (bicyclic) bond motifs is 1. The summed E-state index contributed by atoms with van der Waals surface area (Å²) in [4.78, 5) is 25.5. The molecule has 0 spiro atoms. The first kappa shape index (κ1) is 22.3. The van der Waals surface area contributed by atoms with Gasteiger partial charge >= 0.3 is 5.63 Å². The van der Waals surface area contributed by atoms with Gasteiger partial charge < -0.3 is 14.5 Å². The maximum absolute atomic E-state index is 12.9. The third-order valence-electron chi connectivity index (χ3n) is 5.92. The minimum atomic E-state index is -0.412.